The largest absolute Gasteiger partial charge is 0.462 e. The fourth-order valence-corrected chi connectivity index (χ4v) is 2.39. The van der Waals surface area contributed by atoms with Crippen molar-refractivity contribution in [3.05, 3.63) is 53.7 Å². The van der Waals surface area contributed by atoms with Crippen LogP contribution in [0.4, 0.5) is 11.5 Å². The van der Waals surface area contributed by atoms with Crippen LogP contribution in [0.2, 0.25) is 0 Å². The number of benzene rings is 1. The summed E-state index contributed by atoms with van der Waals surface area (Å²) in [4.78, 5) is 30.5. The minimum Gasteiger partial charge on any atom is -0.462 e. The maximum atomic E-state index is 12.4. The highest BCUT2D eigenvalue weighted by molar-refractivity contribution is 6.04. The van der Waals surface area contributed by atoms with Crippen molar-refractivity contribution < 1.29 is 14.3 Å². The lowest BCUT2D eigenvalue weighted by Gasteiger charge is -2.11. The third kappa shape index (κ3) is 6.71. The topological polar surface area (TPSA) is 83.6 Å². The molecule has 0 aliphatic carbocycles. The average molecular weight is 370 g/mol. The van der Waals surface area contributed by atoms with Crippen LogP contribution in [0.15, 0.2) is 42.6 Å². The van der Waals surface area contributed by atoms with Gasteiger partial charge in [0, 0.05) is 24.0 Å². The Bertz CT molecular complexity index is 760. The van der Waals surface area contributed by atoms with Gasteiger partial charge >= 0.3 is 5.97 Å². The van der Waals surface area contributed by atoms with E-state index in [-0.39, 0.29) is 11.9 Å². The summed E-state index contributed by atoms with van der Waals surface area (Å²) in [7, 11) is 4.06. The maximum Gasteiger partial charge on any atom is 0.338 e. The number of carbonyl (C=O) groups excluding carboxylic acids is 2. The second kappa shape index (κ2) is 10.3. The summed E-state index contributed by atoms with van der Waals surface area (Å²) in [6.45, 7) is 3.85. The molecule has 7 heteroatoms. The zero-order valence-corrected chi connectivity index (χ0v) is 16.0. The van der Waals surface area contributed by atoms with Crippen LogP contribution in [0.25, 0.3) is 0 Å². The molecule has 7 nitrogen and oxygen atoms in total. The first-order valence-corrected chi connectivity index (χ1v) is 8.92. The van der Waals surface area contributed by atoms with E-state index >= 15 is 0 Å². The number of aromatic nitrogens is 1. The van der Waals surface area contributed by atoms with E-state index in [2.05, 4.69) is 20.5 Å². The third-order valence-electron chi connectivity index (χ3n) is 3.76. The van der Waals surface area contributed by atoms with Crippen molar-refractivity contribution in [2.45, 2.75) is 13.3 Å². The molecule has 0 saturated carbocycles. The van der Waals surface area contributed by atoms with Crippen molar-refractivity contribution in [3.63, 3.8) is 0 Å². The van der Waals surface area contributed by atoms with Gasteiger partial charge in [-0.1, -0.05) is 0 Å². The van der Waals surface area contributed by atoms with E-state index in [4.69, 9.17) is 4.74 Å². The summed E-state index contributed by atoms with van der Waals surface area (Å²) in [6, 6.07) is 9.97. The molecule has 1 amide bonds. The number of hydrogen-bond donors (Lipinski definition) is 2. The summed E-state index contributed by atoms with van der Waals surface area (Å²) >= 11 is 0. The van der Waals surface area contributed by atoms with E-state index < -0.39 is 0 Å². The Morgan fingerprint density at radius 2 is 1.85 bits per heavy atom. The van der Waals surface area contributed by atoms with Crippen molar-refractivity contribution in [2.75, 3.05) is 44.4 Å². The van der Waals surface area contributed by atoms with Gasteiger partial charge < -0.3 is 20.3 Å². The average Bonchev–Trinajstić information content (AvgIpc) is 2.66. The second-order valence-electron chi connectivity index (χ2n) is 6.27. The summed E-state index contributed by atoms with van der Waals surface area (Å²) in [6.07, 6.45) is 2.59. The first kappa shape index (κ1) is 20.4. The maximum absolute atomic E-state index is 12.4. The SMILES string of the molecule is CCOC(=O)c1ccc(NC(=O)c2ccnc(NCCCN(C)C)c2)cc1. The molecular weight excluding hydrogens is 344 g/mol. The zero-order chi connectivity index (χ0) is 19.6. The molecule has 0 fully saturated rings. The number of ether oxygens (including phenoxy) is 1. The lowest BCUT2D eigenvalue weighted by molar-refractivity contribution is 0.0526. The van der Waals surface area contributed by atoms with Crippen molar-refractivity contribution in [3.8, 4) is 0 Å². The molecule has 1 aromatic heterocycles. The van der Waals surface area contributed by atoms with Crippen molar-refractivity contribution in [1.29, 1.82) is 0 Å². The fourth-order valence-electron chi connectivity index (χ4n) is 2.39. The smallest absolute Gasteiger partial charge is 0.338 e. The first-order chi connectivity index (χ1) is 13.0. The van der Waals surface area contributed by atoms with E-state index in [1.165, 1.54) is 0 Å². The second-order valence-corrected chi connectivity index (χ2v) is 6.27. The van der Waals surface area contributed by atoms with Gasteiger partial charge in [0.25, 0.3) is 5.91 Å². The lowest BCUT2D eigenvalue weighted by atomic mass is 10.2. The van der Waals surface area contributed by atoms with E-state index in [1.807, 2.05) is 14.1 Å². The zero-order valence-electron chi connectivity index (χ0n) is 16.0. The molecule has 1 aromatic carbocycles. The van der Waals surface area contributed by atoms with Crippen LogP contribution in [0.5, 0.6) is 0 Å². The van der Waals surface area contributed by atoms with Crippen LogP contribution in [-0.4, -0.2) is 55.6 Å². The highest BCUT2D eigenvalue weighted by atomic mass is 16.5. The molecule has 2 rings (SSSR count). The quantitative estimate of drug-likeness (QED) is 0.522. The number of anilines is 2. The van der Waals surface area contributed by atoms with E-state index in [1.54, 1.807) is 49.5 Å². The minimum absolute atomic E-state index is 0.238. The van der Waals surface area contributed by atoms with Crippen molar-refractivity contribution in [1.82, 2.24) is 9.88 Å². The number of rotatable bonds is 9. The summed E-state index contributed by atoms with van der Waals surface area (Å²) in [5.41, 5.74) is 1.56. The Kier molecular flexibility index (Phi) is 7.76. The predicted octanol–water partition coefficient (Wildman–Crippen LogP) is 2.87. The predicted molar refractivity (Wildman–Crippen MR) is 106 cm³/mol. The number of pyridine rings is 1. The van der Waals surface area contributed by atoms with Gasteiger partial charge in [-0.3, -0.25) is 4.79 Å². The van der Waals surface area contributed by atoms with Crippen molar-refractivity contribution >= 4 is 23.4 Å². The van der Waals surface area contributed by atoms with Gasteiger partial charge in [0.1, 0.15) is 5.82 Å². The standard InChI is InChI=1S/C20H26N4O3/c1-4-27-20(26)15-6-8-17(9-7-15)23-19(25)16-10-12-22-18(14-16)21-11-5-13-24(2)3/h6-10,12,14H,4-5,11,13H2,1-3H3,(H,21,22)(H,23,25). The number of esters is 1. The Morgan fingerprint density at radius 1 is 1.11 bits per heavy atom. The third-order valence-corrected chi connectivity index (χ3v) is 3.76. The summed E-state index contributed by atoms with van der Waals surface area (Å²) < 4.78 is 4.94. The molecule has 0 saturated heterocycles. The normalized spacial score (nSPS) is 10.5. The van der Waals surface area contributed by atoms with Gasteiger partial charge in [0.05, 0.1) is 12.2 Å². The van der Waals surface area contributed by atoms with Crippen LogP contribution in [0, 0.1) is 0 Å². The molecule has 0 radical (unpaired) electrons. The van der Waals surface area contributed by atoms with Crippen LogP contribution >= 0.6 is 0 Å². The molecule has 2 aromatic rings. The van der Waals surface area contributed by atoms with Gasteiger partial charge in [0.15, 0.2) is 0 Å². The molecule has 1 heterocycles. The minimum atomic E-state index is -0.380. The highest BCUT2D eigenvalue weighted by Crippen LogP contribution is 2.14. The molecule has 144 valence electrons. The van der Waals surface area contributed by atoms with E-state index in [9.17, 15) is 9.59 Å². The van der Waals surface area contributed by atoms with Crippen LogP contribution in [0.1, 0.15) is 34.1 Å². The van der Waals surface area contributed by atoms with Gasteiger partial charge in [-0.25, -0.2) is 9.78 Å². The molecule has 2 N–H and O–H groups in total. The molecule has 0 atom stereocenters. The van der Waals surface area contributed by atoms with Crippen LogP contribution in [0.3, 0.4) is 0 Å². The molecular formula is C20H26N4O3. The molecule has 0 spiro atoms. The Labute approximate surface area is 159 Å². The molecule has 27 heavy (non-hydrogen) atoms. The van der Waals surface area contributed by atoms with Gasteiger partial charge in [-0.05, 0) is 70.4 Å². The lowest BCUT2D eigenvalue weighted by Crippen LogP contribution is -2.17. The Balaban J connectivity index is 1.93. The first-order valence-electron chi connectivity index (χ1n) is 8.92. The van der Waals surface area contributed by atoms with Gasteiger partial charge in [-0.2, -0.15) is 0 Å². The van der Waals surface area contributed by atoms with Crippen LogP contribution in [-0.2, 0) is 4.74 Å². The molecule has 0 unspecified atom stereocenters. The number of carbonyl (C=O) groups is 2. The van der Waals surface area contributed by atoms with Gasteiger partial charge in [-0.15, -0.1) is 0 Å². The van der Waals surface area contributed by atoms with Gasteiger partial charge in [0.2, 0.25) is 0 Å². The number of nitrogens with one attached hydrogen (secondary N) is 2. The van der Waals surface area contributed by atoms with Crippen LogP contribution < -0.4 is 10.6 Å². The van der Waals surface area contributed by atoms with E-state index in [0.29, 0.717) is 29.2 Å². The number of hydrogen-bond acceptors (Lipinski definition) is 6. The number of amides is 1. The highest BCUT2D eigenvalue weighted by Gasteiger charge is 2.09. The fraction of sp³-hybridized carbons (Fsp3) is 0.350. The molecule has 0 bridgehead atoms. The number of nitrogens with zero attached hydrogens (tertiary/aromatic N) is 2. The molecule has 0 aliphatic heterocycles. The Morgan fingerprint density at radius 3 is 2.52 bits per heavy atom. The summed E-state index contributed by atoms with van der Waals surface area (Å²) in [5.74, 6) is 0.0474. The van der Waals surface area contributed by atoms with E-state index in [0.717, 1.165) is 19.5 Å². The van der Waals surface area contributed by atoms with Crippen molar-refractivity contribution in [2.24, 2.45) is 0 Å². The monoisotopic (exact) mass is 370 g/mol. The molecule has 0 aliphatic rings. The summed E-state index contributed by atoms with van der Waals surface area (Å²) in [5, 5.41) is 6.03. The Hall–Kier alpha value is -2.93.